The summed E-state index contributed by atoms with van der Waals surface area (Å²) in [4.78, 5) is 12.9. The molecule has 1 atom stereocenters. The molecule has 154 valence electrons. The molecule has 2 aromatic carbocycles. The highest BCUT2D eigenvalue weighted by atomic mass is 35.5. The van der Waals surface area contributed by atoms with Crippen LogP contribution in [0, 0.1) is 6.92 Å². The van der Waals surface area contributed by atoms with Crippen LogP contribution in [0.5, 0.6) is 5.75 Å². The number of carbonyl (C=O) groups is 1. The lowest BCUT2D eigenvalue weighted by molar-refractivity contribution is -0.143. The van der Waals surface area contributed by atoms with Crippen molar-refractivity contribution >= 4 is 27.6 Å². The molecule has 0 saturated carbocycles. The van der Waals surface area contributed by atoms with Gasteiger partial charge in [-0.2, -0.15) is 4.72 Å². The standard InChI is InChI=1S/C21H22ClNO5S/c1-12(2)27-21(24)19-14(4)28-18-10-7-15(22)11-17(18)20(19)23-29(25,26)16-8-5-13(3)6-9-16/h5-12,20,23H,1-4H3/t20-/m1/s1. The number of fused-ring (bicyclic) bond motifs is 1. The molecule has 8 heteroatoms. The summed E-state index contributed by atoms with van der Waals surface area (Å²) in [7, 11) is -3.94. The third-order valence-corrected chi connectivity index (χ3v) is 6.05. The number of hydrogen-bond donors (Lipinski definition) is 1. The van der Waals surface area contributed by atoms with E-state index in [1.165, 1.54) is 12.1 Å². The van der Waals surface area contributed by atoms with E-state index in [0.29, 0.717) is 16.3 Å². The molecule has 1 N–H and O–H groups in total. The highest BCUT2D eigenvalue weighted by molar-refractivity contribution is 7.89. The Balaban J connectivity index is 2.09. The smallest absolute Gasteiger partial charge is 0.339 e. The van der Waals surface area contributed by atoms with Crippen molar-refractivity contribution in [3.8, 4) is 5.75 Å². The second kappa shape index (κ2) is 8.18. The summed E-state index contributed by atoms with van der Waals surface area (Å²) in [6.45, 7) is 6.90. The van der Waals surface area contributed by atoms with Gasteiger partial charge in [0.25, 0.3) is 0 Å². The lowest BCUT2D eigenvalue weighted by atomic mass is 9.95. The van der Waals surface area contributed by atoms with Crippen molar-refractivity contribution < 1.29 is 22.7 Å². The molecule has 1 aliphatic rings. The first kappa shape index (κ1) is 21.4. The van der Waals surface area contributed by atoms with E-state index in [1.807, 2.05) is 6.92 Å². The van der Waals surface area contributed by atoms with Crippen molar-refractivity contribution in [3.63, 3.8) is 0 Å². The molecule has 0 aromatic heterocycles. The summed E-state index contributed by atoms with van der Waals surface area (Å²) in [5.41, 5.74) is 1.46. The quantitative estimate of drug-likeness (QED) is 0.708. The van der Waals surface area contributed by atoms with Crippen LogP contribution in [0.2, 0.25) is 5.02 Å². The van der Waals surface area contributed by atoms with Crippen molar-refractivity contribution in [3.05, 3.63) is 69.9 Å². The van der Waals surface area contributed by atoms with Gasteiger partial charge >= 0.3 is 5.97 Å². The molecular weight excluding hydrogens is 414 g/mol. The number of aryl methyl sites for hydroxylation is 1. The van der Waals surface area contributed by atoms with Gasteiger partial charge in [0.15, 0.2) is 0 Å². The SMILES string of the molecule is CC1=C(C(=O)OC(C)C)[C@H](NS(=O)(=O)c2ccc(C)cc2)c2cc(Cl)ccc2O1. The van der Waals surface area contributed by atoms with Gasteiger partial charge in [-0.15, -0.1) is 0 Å². The fourth-order valence-corrected chi connectivity index (χ4v) is 4.38. The molecule has 3 rings (SSSR count). The maximum absolute atomic E-state index is 13.0. The molecule has 2 aromatic rings. The Kier molecular flexibility index (Phi) is 6.03. The number of carbonyl (C=O) groups excluding carboxylic acids is 1. The molecule has 0 saturated heterocycles. The lowest BCUT2D eigenvalue weighted by Gasteiger charge is -2.29. The summed E-state index contributed by atoms with van der Waals surface area (Å²) >= 11 is 6.13. The number of ether oxygens (including phenoxy) is 2. The zero-order valence-corrected chi connectivity index (χ0v) is 18.1. The Morgan fingerprint density at radius 3 is 2.41 bits per heavy atom. The first-order chi connectivity index (χ1) is 13.6. The molecule has 6 nitrogen and oxygen atoms in total. The zero-order valence-electron chi connectivity index (χ0n) is 16.5. The summed E-state index contributed by atoms with van der Waals surface area (Å²) in [6.07, 6.45) is -0.377. The van der Waals surface area contributed by atoms with E-state index in [9.17, 15) is 13.2 Å². The molecule has 29 heavy (non-hydrogen) atoms. The van der Waals surface area contributed by atoms with Crippen molar-refractivity contribution in [1.82, 2.24) is 4.72 Å². The summed E-state index contributed by atoms with van der Waals surface area (Å²) in [5, 5.41) is 0.392. The van der Waals surface area contributed by atoms with Crippen LogP contribution >= 0.6 is 11.6 Å². The van der Waals surface area contributed by atoms with E-state index in [4.69, 9.17) is 21.1 Å². The molecule has 0 spiro atoms. The maximum atomic E-state index is 13.0. The molecule has 1 heterocycles. The molecule has 0 fully saturated rings. The first-order valence-electron chi connectivity index (χ1n) is 9.06. The number of nitrogens with one attached hydrogen (secondary N) is 1. The minimum absolute atomic E-state index is 0.0872. The van der Waals surface area contributed by atoms with Crippen LogP contribution in [0.15, 0.2) is 58.7 Å². The minimum atomic E-state index is -3.94. The van der Waals surface area contributed by atoms with E-state index in [0.717, 1.165) is 5.56 Å². The van der Waals surface area contributed by atoms with Gasteiger partial charge in [-0.05, 0) is 58.0 Å². The highest BCUT2D eigenvalue weighted by Gasteiger charge is 2.37. The Morgan fingerprint density at radius 2 is 1.79 bits per heavy atom. The van der Waals surface area contributed by atoms with E-state index in [-0.39, 0.29) is 22.3 Å². The van der Waals surface area contributed by atoms with Crippen molar-refractivity contribution in [2.45, 2.75) is 44.7 Å². The minimum Gasteiger partial charge on any atom is -0.461 e. The van der Waals surface area contributed by atoms with Crippen molar-refractivity contribution in [2.24, 2.45) is 0 Å². The molecular formula is C21H22ClNO5S. The fourth-order valence-electron chi connectivity index (χ4n) is 3.02. The van der Waals surface area contributed by atoms with Gasteiger partial charge in [0.1, 0.15) is 11.5 Å². The van der Waals surface area contributed by atoms with Gasteiger partial charge in [-0.1, -0.05) is 29.3 Å². The Labute approximate surface area is 175 Å². The van der Waals surface area contributed by atoms with E-state index < -0.39 is 22.0 Å². The van der Waals surface area contributed by atoms with Gasteiger partial charge in [0.2, 0.25) is 10.0 Å². The van der Waals surface area contributed by atoms with Crippen LogP contribution in [0.3, 0.4) is 0 Å². The van der Waals surface area contributed by atoms with Gasteiger partial charge in [-0.3, -0.25) is 0 Å². The predicted octanol–water partition coefficient (Wildman–Crippen LogP) is 4.29. The Hall–Kier alpha value is -2.35. The number of hydrogen-bond acceptors (Lipinski definition) is 5. The predicted molar refractivity (Wildman–Crippen MR) is 110 cm³/mol. The average molecular weight is 436 g/mol. The topological polar surface area (TPSA) is 81.7 Å². The average Bonchev–Trinajstić information content (AvgIpc) is 2.61. The lowest BCUT2D eigenvalue weighted by Crippen LogP contribution is -2.36. The van der Waals surface area contributed by atoms with Crippen LogP contribution in [0.25, 0.3) is 0 Å². The fraction of sp³-hybridized carbons (Fsp3) is 0.286. The summed E-state index contributed by atoms with van der Waals surface area (Å²) in [6, 6.07) is 10.3. The number of benzene rings is 2. The molecule has 0 amide bonds. The number of halogens is 1. The third-order valence-electron chi connectivity index (χ3n) is 4.38. The van der Waals surface area contributed by atoms with Gasteiger partial charge < -0.3 is 9.47 Å². The van der Waals surface area contributed by atoms with Gasteiger partial charge in [-0.25, -0.2) is 13.2 Å². The Bertz CT molecular complexity index is 1070. The van der Waals surface area contributed by atoms with E-state index in [2.05, 4.69) is 4.72 Å². The van der Waals surface area contributed by atoms with Crippen LogP contribution in [-0.2, 0) is 19.6 Å². The van der Waals surface area contributed by atoms with Crippen molar-refractivity contribution in [1.29, 1.82) is 0 Å². The number of sulfonamides is 1. The number of rotatable bonds is 5. The summed E-state index contributed by atoms with van der Waals surface area (Å²) < 4.78 is 39.8. The van der Waals surface area contributed by atoms with Crippen LogP contribution in [-0.4, -0.2) is 20.5 Å². The van der Waals surface area contributed by atoms with E-state index >= 15 is 0 Å². The second-order valence-corrected chi connectivity index (χ2v) is 9.23. The second-order valence-electron chi connectivity index (χ2n) is 7.08. The largest absolute Gasteiger partial charge is 0.461 e. The molecule has 0 aliphatic carbocycles. The van der Waals surface area contributed by atoms with Crippen molar-refractivity contribution in [2.75, 3.05) is 0 Å². The third kappa shape index (κ3) is 4.63. The monoisotopic (exact) mass is 435 g/mol. The zero-order chi connectivity index (χ0) is 21.3. The normalized spacial score (nSPS) is 16.4. The molecule has 0 unspecified atom stereocenters. The highest BCUT2D eigenvalue weighted by Crippen LogP contribution is 2.40. The van der Waals surface area contributed by atoms with E-state index in [1.54, 1.807) is 51.1 Å². The molecule has 1 aliphatic heterocycles. The van der Waals surface area contributed by atoms with Gasteiger partial charge in [0, 0.05) is 10.6 Å². The Morgan fingerprint density at radius 1 is 1.14 bits per heavy atom. The number of esters is 1. The maximum Gasteiger partial charge on any atom is 0.339 e. The van der Waals surface area contributed by atoms with Gasteiger partial charge in [0.05, 0.1) is 22.6 Å². The van der Waals surface area contributed by atoms with Crippen LogP contribution < -0.4 is 9.46 Å². The van der Waals surface area contributed by atoms with Crippen LogP contribution in [0.4, 0.5) is 0 Å². The summed E-state index contributed by atoms with van der Waals surface area (Å²) in [5.74, 6) is 0.0337. The van der Waals surface area contributed by atoms with Crippen LogP contribution in [0.1, 0.15) is 37.9 Å². The molecule has 0 radical (unpaired) electrons. The molecule has 0 bridgehead atoms. The first-order valence-corrected chi connectivity index (χ1v) is 10.9. The number of allylic oxidation sites excluding steroid dienone is 1.